The monoisotopic (exact) mass is 566 g/mol. The number of nitrogens with zero attached hydrogens (tertiary/aromatic N) is 2. The normalized spacial score (nSPS) is 31.7. The Morgan fingerprint density at radius 1 is 1.03 bits per heavy atom. The highest BCUT2D eigenvalue weighted by Gasteiger charge is 2.53. The lowest BCUT2D eigenvalue weighted by Crippen LogP contribution is -2.57. The third-order valence-corrected chi connectivity index (χ3v) is 10.9. The molecule has 8 rings (SSSR count). The molecule has 206 valence electrons. The Labute approximate surface area is 239 Å². The van der Waals surface area contributed by atoms with Gasteiger partial charge in [-0.05, 0) is 111 Å². The van der Waals surface area contributed by atoms with Crippen LogP contribution in [-0.4, -0.2) is 58.9 Å². The average molecular weight is 567 g/mol. The van der Waals surface area contributed by atoms with Gasteiger partial charge < -0.3 is 9.15 Å². The minimum atomic E-state index is -0.273. The first kappa shape index (κ1) is 25.9. The van der Waals surface area contributed by atoms with Crippen LogP contribution in [0.25, 0.3) is 17.4 Å². The molecule has 39 heavy (non-hydrogen) atoms. The van der Waals surface area contributed by atoms with Crippen molar-refractivity contribution < 1.29 is 18.3 Å². The highest BCUT2D eigenvalue weighted by Crippen LogP contribution is 2.56. The second-order valence-corrected chi connectivity index (χ2v) is 13.7. The number of aryl methyl sites for hydroxylation is 1. The van der Waals surface area contributed by atoms with Gasteiger partial charge in [0.15, 0.2) is 0 Å². The summed E-state index contributed by atoms with van der Waals surface area (Å²) < 4.78 is 26.1. The van der Waals surface area contributed by atoms with E-state index in [2.05, 4.69) is 11.0 Å². The molecular formula is C31H35FN2O3S2. The van der Waals surface area contributed by atoms with Crippen LogP contribution in [0.5, 0.6) is 0 Å². The van der Waals surface area contributed by atoms with Crippen LogP contribution in [-0.2, 0) is 16.0 Å². The van der Waals surface area contributed by atoms with Crippen LogP contribution in [0.4, 0.5) is 4.39 Å². The zero-order chi connectivity index (χ0) is 26.5. The maximum atomic E-state index is 13.8. The van der Waals surface area contributed by atoms with E-state index in [9.17, 15) is 9.18 Å². The van der Waals surface area contributed by atoms with Crippen molar-refractivity contribution in [3.05, 3.63) is 52.4 Å². The SMILES string of the molecule is O=C1C(=Cc2oc(-c3ccc(F)cc3)cc2CCCN2CCOCC2)SC(=S)N1C1C2CC3CC(C2)CC1C3. The third-order valence-electron chi connectivity index (χ3n) is 9.56. The molecule has 2 aliphatic heterocycles. The Hall–Kier alpha value is -2.00. The van der Waals surface area contributed by atoms with E-state index in [1.807, 2.05) is 11.0 Å². The quantitative estimate of drug-likeness (QED) is 0.287. The van der Waals surface area contributed by atoms with Crippen LogP contribution in [0.1, 0.15) is 49.8 Å². The lowest BCUT2D eigenvalue weighted by atomic mass is 9.54. The van der Waals surface area contributed by atoms with Crippen LogP contribution in [0.15, 0.2) is 39.7 Å². The van der Waals surface area contributed by atoms with Crippen molar-refractivity contribution in [2.24, 2.45) is 23.7 Å². The number of benzene rings is 1. The van der Waals surface area contributed by atoms with Gasteiger partial charge in [-0.2, -0.15) is 0 Å². The second kappa shape index (κ2) is 10.8. The Morgan fingerprint density at radius 2 is 1.72 bits per heavy atom. The number of carbonyl (C=O) groups excluding carboxylic acids is 1. The van der Waals surface area contributed by atoms with Gasteiger partial charge in [0, 0.05) is 30.8 Å². The number of hydrogen-bond donors (Lipinski definition) is 0. The maximum Gasteiger partial charge on any atom is 0.266 e. The number of amides is 1. The summed E-state index contributed by atoms with van der Waals surface area (Å²) in [5.74, 6) is 4.06. The van der Waals surface area contributed by atoms with Gasteiger partial charge >= 0.3 is 0 Å². The Morgan fingerprint density at radius 3 is 2.41 bits per heavy atom. The number of thioether (sulfide) groups is 1. The number of furan rings is 1. The molecule has 4 saturated carbocycles. The van der Waals surface area contributed by atoms with E-state index in [4.69, 9.17) is 21.4 Å². The predicted molar refractivity (Wildman–Crippen MR) is 156 cm³/mol. The van der Waals surface area contributed by atoms with Crippen molar-refractivity contribution in [3.63, 3.8) is 0 Å². The van der Waals surface area contributed by atoms with E-state index in [-0.39, 0.29) is 17.8 Å². The Balaban J connectivity index is 1.14. The van der Waals surface area contributed by atoms with Gasteiger partial charge in [-0.1, -0.05) is 24.0 Å². The van der Waals surface area contributed by atoms with Crippen LogP contribution in [0, 0.1) is 29.5 Å². The molecule has 0 spiro atoms. The fourth-order valence-corrected chi connectivity index (χ4v) is 9.33. The summed E-state index contributed by atoms with van der Waals surface area (Å²) in [7, 11) is 0. The standard InChI is InChI=1S/C31H35FN2O3S2/c32-25-5-3-21(4-6-25)26-17-22(2-1-7-33-8-10-36-11-9-33)27(37-26)18-28-30(35)34(31(38)39-28)29-23-13-19-12-20(15-23)16-24(29)14-19/h3-6,17-20,23-24,29H,1-2,7-16H2. The zero-order valence-corrected chi connectivity index (χ0v) is 23.8. The van der Waals surface area contributed by atoms with E-state index in [0.29, 0.717) is 32.6 Å². The molecular weight excluding hydrogens is 531 g/mol. The fraction of sp³-hybridized carbons (Fsp3) is 0.548. The molecule has 6 aliphatic rings. The number of ether oxygens (including phenoxy) is 1. The fourth-order valence-electron chi connectivity index (χ4n) is 8.01. The van der Waals surface area contributed by atoms with Gasteiger partial charge in [0.2, 0.25) is 0 Å². The third kappa shape index (κ3) is 5.14. The van der Waals surface area contributed by atoms with E-state index >= 15 is 0 Å². The van der Waals surface area contributed by atoms with Crippen molar-refractivity contribution in [3.8, 4) is 11.3 Å². The van der Waals surface area contributed by atoms with Gasteiger partial charge in [0.25, 0.3) is 5.91 Å². The molecule has 4 bridgehead atoms. The predicted octanol–water partition coefficient (Wildman–Crippen LogP) is 6.38. The summed E-state index contributed by atoms with van der Waals surface area (Å²) in [6.07, 6.45) is 10.1. The van der Waals surface area contributed by atoms with Crippen LogP contribution >= 0.6 is 24.0 Å². The van der Waals surface area contributed by atoms with Gasteiger partial charge in [-0.25, -0.2) is 4.39 Å². The van der Waals surface area contributed by atoms with Gasteiger partial charge in [0.1, 0.15) is 21.7 Å². The minimum absolute atomic E-state index is 0.0430. The molecule has 6 fully saturated rings. The van der Waals surface area contributed by atoms with Gasteiger partial charge in [-0.3, -0.25) is 14.6 Å². The molecule has 0 unspecified atom stereocenters. The van der Waals surface area contributed by atoms with Crippen LogP contribution in [0.3, 0.4) is 0 Å². The first-order valence-corrected chi connectivity index (χ1v) is 15.7. The average Bonchev–Trinajstić information content (AvgIpc) is 3.45. The van der Waals surface area contributed by atoms with E-state index < -0.39 is 0 Å². The molecule has 2 saturated heterocycles. The molecule has 2 aromatic rings. The molecule has 0 N–H and O–H groups in total. The summed E-state index contributed by atoms with van der Waals surface area (Å²) in [4.78, 5) is 18.9. The molecule has 3 heterocycles. The zero-order valence-electron chi connectivity index (χ0n) is 22.1. The topological polar surface area (TPSA) is 45.9 Å². The van der Waals surface area contributed by atoms with Crippen LogP contribution in [0.2, 0.25) is 0 Å². The maximum absolute atomic E-state index is 13.8. The molecule has 5 nitrogen and oxygen atoms in total. The first-order chi connectivity index (χ1) is 19.0. The van der Waals surface area contributed by atoms with Crippen molar-refractivity contribution in [2.45, 2.75) is 51.0 Å². The highest BCUT2D eigenvalue weighted by molar-refractivity contribution is 8.26. The van der Waals surface area contributed by atoms with Crippen molar-refractivity contribution in [2.75, 3.05) is 32.8 Å². The van der Waals surface area contributed by atoms with Crippen LogP contribution < -0.4 is 0 Å². The molecule has 8 heteroatoms. The Bertz CT molecular complexity index is 1260. The summed E-state index contributed by atoms with van der Waals surface area (Å²) in [5.41, 5.74) is 1.90. The molecule has 0 atom stereocenters. The van der Waals surface area contributed by atoms with Crippen molar-refractivity contribution in [1.82, 2.24) is 9.80 Å². The smallest absolute Gasteiger partial charge is 0.266 e. The number of thiocarbonyl (C=S) groups is 1. The van der Waals surface area contributed by atoms with Gasteiger partial charge in [0.05, 0.1) is 18.1 Å². The Kier molecular flexibility index (Phi) is 7.16. The number of halogens is 1. The largest absolute Gasteiger partial charge is 0.456 e. The molecule has 1 aromatic carbocycles. The molecule has 1 aromatic heterocycles. The first-order valence-electron chi connectivity index (χ1n) is 14.5. The van der Waals surface area contributed by atoms with Gasteiger partial charge in [-0.15, -0.1) is 0 Å². The van der Waals surface area contributed by atoms with E-state index in [0.717, 1.165) is 68.7 Å². The van der Waals surface area contributed by atoms with Crippen molar-refractivity contribution in [1.29, 1.82) is 0 Å². The summed E-state index contributed by atoms with van der Waals surface area (Å²) in [6, 6.07) is 8.69. The van der Waals surface area contributed by atoms with E-state index in [1.165, 1.54) is 56.0 Å². The summed E-state index contributed by atoms with van der Waals surface area (Å²) in [5, 5.41) is 0. The summed E-state index contributed by atoms with van der Waals surface area (Å²) in [6.45, 7) is 4.50. The van der Waals surface area contributed by atoms with E-state index in [1.54, 1.807) is 12.1 Å². The molecule has 0 radical (unpaired) electrons. The number of carbonyl (C=O) groups is 1. The second-order valence-electron chi connectivity index (χ2n) is 12.0. The minimum Gasteiger partial charge on any atom is -0.456 e. The summed E-state index contributed by atoms with van der Waals surface area (Å²) >= 11 is 7.25. The lowest BCUT2D eigenvalue weighted by Gasteiger charge is -2.56. The highest BCUT2D eigenvalue weighted by atomic mass is 32.2. The number of morpholine rings is 1. The number of rotatable bonds is 7. The molecule has 4 aliphatic carbocycles. The lowest BCUT2D eigenvalue weighted by molar-refractivity contribution is -0.130. The molecule has 1 amide bonds. The van der Waals surface area contributed by atoms with Crippen molar-refractivity contribution >= 4 is 40.3 Å². The number of hydrogen-bond acceptors (Lipinski definition) is 6.